The fraction of sp³-hybridized carbons (Fsp3) is 0.818. The maximum Gasteiger partial charge on any atom is 0.469 e. The summed E-state index contributed by atoms with van der Waals surface area (Å²) in [5.41, 5.74) is -0.475. The predicted molar refractivity (Wildman–Crippen MR) is 75.5 cm³/mol. The van der Waals surface area contributed by atoms with Crippen LogP contribution in [0.15, 0.2) is 5.16 Å². The van der Waals surface area contributed by atoms with Gasteiger partial charge >= 0.3 is 7.82 Å². The molecular weight excluding hydrogens is 303 g/mol. The standard InChI is InChI=1S/C11H23N2O7P/c1-8(13-19-4)5-6-12-10(15)9(14)11(2,3)7-20-21(16,17)18/h9,14H,5-7H2,1-4H3,(H,12,15)(H2,16,17,18)/b13-8+/t9-/m1/s1. The van der Waals surface area contributed by atoms with Crippen LogP contribution in [0.4, 0.5) is 0 Å². The number of hydrogen-bond acceptors (Lipinski definition) is 6. The molecule has 21 heavy (non-hydrogen) atoms. The number of amides is 1. The second-order valence-corrected chi connectivity index (χ2v) is 6.44. The molecule has 1 amide bonds. The number of phosphoric ester groups is 1. The van der Waals surface area contributed by atoms with E-state index in [9.17, 15) is 14.5 Å². The van der Waals surface area contributed by atoms with Crippen LogP contribution < -0.4 is 5.32 Å². The number of nitrogens with zero attached hydrogens (tertiary/aromatic N) is 1. The third-order valence-corrected chi connectivity index (χ3v) is 3.09. The lowest BCUT2D eigenvalue weighted by molar-refractivity contribution is -0.136. The third kappa shape index (κ3) is 8.79. The molecule has 0 bridgehead atoms. The van der Waals surface area contributed by atoms with Gasteiger partial charge in [-0.25, -0.2) is 4.57 Å². The van der Waals surface area contributed by atoms with E-state index in [4.69, 9.17) is 9.79 Å². The van der Waals surface area contributed by atoms with E-state index in [1.165, 1.54) is 21.0 Å². The van der Waals surface area contributed by atoms with E-state index >= 15 is 0 Å². The lowest BCUT2D eigenvalue weighted by Gasteiger charge is -2.29. The van der Waals surface area contributed by atoms with Gasteiger partial charge in [-0.2, -0.15) is 0 Å². The molecule has 0 rings (SSSR count). The second kappa shape index (κ2) is 8.45. The van der Waals surface area contributed by atoms with Gasteiger partial charge in [-0.1, -0.05) is 19.0 Å². The van der Waals surface area contributed by atoms with Crippen molar-refractivity contribution in [3.8, 4) is 0 Å². The largest absolute Gasteiger partial charge is 0.469 e. The fourth-order valence-electron chi connectivity index (χ4n) is 1.35. The van der Waals surface area contributed by atoms with Gasteiger partial charge < -0.3 is 25.0 Å². The molecule has 0 unspecified atom stereocenters. The molecule has 1 atom stereocenters. The first kappa shape index (κ1) is 20.0. The number of oxime groups is 1. The Morgan fingerprint density at radius 2 is 2.00 bits per heavy atom. The Kier molecular flexibility index (Phi) is 8.05. The number of phosphoric acid groups is 1. The number of rotatable bonds is 9. The molecule has 4 N–H and O–H groups in total. The molecule has 0 aliphatic heterocycles. The Morgan fingerprint density at radius 1 is 1.43 bits per heavy atom. The summed E-state index contributed by atoms with van der Waals surface area (Å²) in [7, 11) is -3.23. The Labute approximate surface area is 123 Å². The number of aliphatic hydroxyl groups excluding tert-OH is 1. The average Bonchev–Trinajstić information content (AvgIpc) is 2.35. The smallest absolute Gasteiger partial charge is 0.399 e. The van der Waals surface area contributed by atoms with Crippen LogP contribution in [0, 0.1) is 5.41 Å². The van der Waals surface area contributed by atoms with Crippen LogP contribution in [-0.4, -0.2) is 52.9 Å². The van der Waals surface area contributed by atoms with Crippen molar-refractivity contribution in [3.63, 3.8) is 0 Å². The van der Waals surface area contributed by atoms with Gasteiger partial charge in [0, 0.05) is 18.4 Å². The molecule has 0 heterocycles. The first-order chi connectivity index (χ1) is 9.49. The summed E-state index contributed by atoms with van der Waals surface area (Å²) in [5.74, 6) is -0.653. The molecule has 124 valence electrons. The predicted octanol–water partition coefficient (Wildman–Crippen LogP) is 0.0114. The second-order valence-electron chi connectivity index (χ2n) is 5.21. The van der Waals surface area contributed by atoms with E-state index in [1.54, 1.807) is 6.92 Å². The van der Waals surface area contributed by atoms with Crippen molar-refractivity contribution in [1.29, 1.82) is 0 Å². The van der Waals surface area contributed by atoms with Gasteiger partial charge in [-0.15, -0.1) is 0 Å². The fourth-order valence-corrected chi connectivity index (χ4v) is 1.85. The van der Waals surface area contributed by atoms with Gasteiger partial charge in [-0.3, -0.25) is 9.32 Å². The highest BCUT2D eigenvalue weighted by Crippen LogP contribution is 2.38. The first-order valence-electron chi connectivity index (χ1n) is 6.22. The van der Waals surface area contributed by atoms with Crippen LogP contribution in [0.3, 0.4) is 0 Å². The SMILES string of the molecule is CO/N=C(\C)CCNC(=O)[C@@H](O)C(C)(C)COP(=O)(O)O. The molecule has 0 fully saturated rings. The average molecular weight is 326 g/mol. The van der Waals surface area contributed by atoms with Gasteiger partial charge in [-0.05, 0) is 6.92 Å². The zero-order chi connectivity index (χ0) is 16.7. The Morgan fingerprint density at radius 3 is 2.48 bits per heavy atom. The molecule has 0 spiro atoms. The van der Waals surface area contributed by atoms with Crippen LogP contribution in [-0.2, 0) is 18.7 Å². The van der Waals surface area contributed by atoms with E-state index in [0.29, 0.717) is 12.1 Å². The minimum atomic E-state index is -4.65. The summed E-state index contributed by atoms with van der Waals surface area (Å²) >= 11 is 0. The monoisotopic (exact) mass is 326 g/mol. The highest BCUT2D eigenvalue weighted by atomic mass is 31.2. The zero-order valence-electron chi connectivity index (χ0n) is 12.6. The molecule has 0 saturated carbocycles. The van der Waals surface area contributed by atoms with Crippen LogP contribution in [0.1, 0.15) is 27.2 Å². The van der Waals surface area contributed by atoms with Crippen molar-refractivity contribution in [3.05, 3.63) is 0 Å². The first-order valence-corrected chi connectivity index (χ1v) is 7.75. The minimum Gasteiger partial charge on any atom is -0.399 e. The number of carbonyl (C=O) groups is 1. The number of nitrogens with one attached hydrogen (secondary N) is 1. The summed E-state index contributed by atoms with van der Waals surface area (Å²) in [4.78, 5) is 33.6. The number of carbonyl (C=O) groups excluding carboxylic acids is 1. The summed E-state index contributed by atoms with van der Waals surface area (Å²) in [6.07, 6.45) is -1.02. The minimum absolute atomic E-state index is 0.254. The van der Waals surface area contributed by atoms with Crippen LogP contribution >= 0.6 is 7.82 Å². The maximum absolute atomic E-state index is 11.8. The van der Waals surface area contributed by atoms with E-state index in [-0.39, 0.29) is 6.54 Å². The van der Waals surface area contributed by atoms with E-state index in [0.717, 1.165) is 0 Å². The van der Waals surface area contributed by atoms with Crippen LogP contribution in [0.5, 0.6) is 0 Å². The van der Waals surface area contributed by atoms with Gasteiger partial charge in [0.25, 0.3) is 0 Å². The lowest BCUT2D eigenvalue weighted by atomic mass is 9.87. The molecule has 10 heteroatoms. The maximum atomic E-state index is 11.8. The summed E-state index contributed by atoms with van der Waals surface area (Å²) in [5, 5.41) is 16.1. The lowest BCUT2D eigenvalue weighted by Crippen LogP contribution is -2.46. The van der Waals surface area contributed by atoms with Crippen LogP contribution in [0.2, 0.25) is 0 Å². The van der Waals surface area contributed by atoms with E-state index < -0.39 is 31.9 Å². The summed E-state index contributed by atoms with van der Waals surface area (Å²) in [6, 6.07) is 0. The molecule has 0 aromatic rings. The molecule has 0 aromatic carbocycles. The molecule has 0 radical (unpaired) electrons. The highest BCUT2D eigenvalue weighted by molar-refractivity contribution is 7.46. The van der Waals surface area contributed by atoms with E-state index in [1.807, 2.05) is 0 Å². The van der Waals surface area contributed by atoms with Gasteiger partial charge in [0.05, 0.1) is 12.3 Å². The molecule has 0 aromatic heterocycles. The Bertz CT molecular complexity index is 419. The van der Waals surface area contributed by atoms with Crippen molar-refractivity contribution < 1.29 is 33.6 Å². The van der Waals surface area contributed by atoms with Crippen molar-refractivity contribution in [1.82, 2.24) is 5.32 Å². The van der Waals surface area contributed by atoms with Crippen molar-refractivity contribution in [2.75, 3.05) is 20.3 Å². The molecule has 0 aliphatic rings. The topological polar surface area (TPSA) is 138 Å². The summed E-state index contributed by atoms with van der Waals surface area (Å²) in [6.45, 7) is 4.44. The van der Waals surface area contributed by atoms with Crippen molar-refractivity contribution in [2.24, 2.45) is 10.6 Å². The zero-order valence-corrected chi connectivity index (χ0v) is 13.5. The molecule has 0 saturated heterocycles. The van der Waals surface area contributed by atoms with Gasteiger partial charge in [0.15, 0.2) is 0 Å². The Balaban J connectivity index is 4.35. The van der Waals surface area contributed by atoms with Crippen molar-refractivity contribution >= 4 is 19.4 Å². The Hall–Kier alpha value is -0.990. The van der Waals surface area contributed by atoms with E-state index in [2.05, 4.69) is 19.8 Å². The van der Waals surface area contributed by atoms with Gasteiger partial charge in [0.2, 0.25) is 5.91 Å². The number of hydrogen-bond donors (Lipinski definition) is 4. The normalized spacial score (nSPS) is 14.7. The van der Waals surface area contributed by atoms with Gasteiger partial charge in [0.1, 0.15) is 13.2 Å². The third-order valence-electron chi connectivity index (χ3n) is 2.63. The number of aliphatic hydroxyl groups is 1. The molecule has 9 nitrogen and oxygen atoms in total. The highest BCUT2D eigenvalue weighted by Gasteiger charge is 2.35. The molecule has 0 aliphatic carbocycles. The molecular formula is C11H23N2O7P. The van der Waals surface area contributed by atoms with Crippen molar-refractivity contribution in [2.45, 2.75) is 33.3 Å². The summed E-state index contributed by atoms with van der Waals surface area (Å²) < 4.78 is 15.0. The quantitative estimate of drug-likeness (QED) is 0.266. The van der Waals surface area contributed by atoms with Crippen LogP contribution in [0.25, 0.3) is 0 Å².